The molecule has 5 nitrogen and oxygen atoms in total. The molecule has 58 valence electrons. The highest BCUT2D eigenvalue weighted by atomic mass is 17.5. The Morgan fingerprint density at radius 1 is 1.60 bits per heavy atom. The predicted molar refractivity (Wildman–Crippen MR) is 28.8 cm³/mol. The highest BCUT2D eigenvalue weighted by Crippen LogP contribution is 2.16. The lowest BCUT2D eigenvalue weighted by molar-refractivity contribution is -0.465. The minimum atomic E-state index is -0.925. The van der Waals surface area contributed by atoms with E-state index in [-0.39, 0.29) is 12.5 Å². The topological polar surface area (TPSA) is 65.0 Å². The van der Waals surface area contributed by atoms with Crippen LogP contribution >= 0.6 is 0 Å². The molecule has 0 aromatic rings. The lowest BCUT2D eigenvalue weighted by atomic mass is 10.2. The summed E-state index contributed by atoms with van der Waals surface area (Å²) in [6, 6.07) is 0. The first-order chi connectivity index (χ1) is 4.70. The van der Waals surface area contributed by atoms with E-state index in [2.05, 4.69) is 14.8 Å². The van der Waals surface area contributed by atoms with E-state index < -0.39 is 12.1 Å². The van der Waals surface area contributed by atoms with Gasteiger partial charge >= 0.3 is 5.97 Å². The van der Waals surface area contributed by atoms with Crippen molar-refractivity contribution >= 4 is 5.97 Å². The van der Waals surface area contributed by atoms with Crippen LogP contribution in [0.1, 0.15) is 13.3 Å². The fourth-order valence-corrected chi connectivity index (χ4v) is 0.647. The second kappa shape index (κ2) is 2.96. The standard InChI is InChI=1S/C5H8O5/c1-3-4(2-5(6)7)9-10-8-3/h3-4H,2H2,1H3,(H,6,7). The number of aliphatic carboxylic acids is 1. The molecule has 10 heavy (non-hydrogen) atoms. The molecule has 2 atom stereocenters. The zero-order valence-corrected chi connectivity index (χ0v) is 5.44. The zero-order chi connectivity index (χ0) is 7.56. The number of carboxylic acid groups (broad SMARTS) is 1. The second-order valence-electron chi connectivity index (χ2n) is 2.10. The predicted octanol–water partition coefficient (Wildman–Crippen LogP) is 0.112. The van der Waals surface area contributed by atoms with Crippen LogP contribution in [0.3, 0.4) is 0 Å². The molecular weight excluding hydrogens is 140 g/mol. The van der Waals surface area contributed by atoms with Crippen LogP contribution < -0.4 is 0 Å². The Morgan fingerprint density at radius 2 is 2.30 bits per heavy atom. The Morgan fingerprint density at radius 3 is 2.70 bits per heavy atom. The van der Waals surface area contributed by atoms with E-state index in [4.69, 9.17) is 5.11 Å². The van der Waals surface area contributed by atoms with Gasteiger partial charge in [-0.15, -0.1) is 0 Å². The molecule has 0 amide bonds. The molecule has 0 radical (unpaired) electrons. The normalized spacial score (nSPS) is 32.5. The van der Waals surface area contributed by atoms with Gasteiger partial charge in [0.2, 0.25) is 0 Å². The first kappa shape index (κ1) is 7.46. The lowest BCUT2D eigenvalue weighted by Gasteiger charge is -2.03. The van der Waals surface area contributed by atoms with Gasteiger partial charge in [-0.25, -0.2) is 4.89 Å². The summed E-state index contributed by atoms with van der Waals surface area (Å²) in [6.45, 7) is 1.68. The highest BCUT2D eigenvalue weighted by molar-refractivity contribution is 5.67. The van der Waals surface area contributed by atoms with Crippen molar-refractivity contribution in [2.24, 2.45) is 0 Å². The third-order valence-electron chi connectivity index (χ3n) is 1.25. The first-order valence-electron chi connectivity index (χ1n) is 2.90. The number of hydrogen-bond donors (Lipinski definition) is 1. The van der Waals surface area contributed by atoms with Crippen molar-refractivity contribution in [3.8, 4) is 0 Å². The Kier molecular flexibility index (Phi) is 2.21. The molecule has 0 bridgehead atoms. The molecule has 1 saturated heterocycles. The van der Waals surface area contributed by atoms with Crippen LogP contribution in [0.2, 0.25) is 0 Å². The Balaban J connectivity index is 2.33. The maximum atomic E-state index is 10.1. The smallest absolute Gasteiger partial charge is 0.306 e. The summed E-state index contributed by atoms with van der Waals surface area (Å²) < 4.78 is 0. The van der Waals surface area contributed by atoms with Crippen molar-refractivity contribution in [3.05, 3.63) is 0 Å². The molecule has 1 N–H and O–H groups in total. The molecule has 0 aromatic carbocycles. The molecule has 1 aliphatic heterocycles. The average Bonchev–Trinajstić information content (AvgIpc) is 2.15. The molecule has 1 rings (SSSR count). The molecule has 0 spiro atoms. The van der Waals surface area contributed by atoms with Crippen LogP contribution in [0.5, 0.6) is 0 Å². The summed E-state index contributed by atoms with van der Waals surface area (Å²) in [5.74, 6) is -0.925. The van der Waals surface area contributed by atoms with Gasteiger partial charge in [-0.05, 0) is 6.92 Å². The summed E-state index contributed by atoms with van der Waals surface area (Å²) in [7, 11) is 0. The van der Waals surface area contributed by atoms with Crippen LogP contribution in [0.15, 0.2) is 0 Å². The Labute approximate surface area is 57.3 Å². The Hall–Kier alpha value is -0.650. The van der Waals surface area contributed by atoms with Crippen LogP contribution in [0, 0.1) is 0 Å². The molecule has 1 heterocycles. The maximum absolute atomic E-state index is 10.1. The van der Waals surface area contributed by atoms with E-state index >= 15 is 0 Å². The van der Waals surface area contributed by atoms with Gasteiger partial charge in [-0.1, -0.05) is 5.04 Å². The van der Waals surface area contributed by atoms with Crippen molar-refractivity contribution in [2.45, 2.75) is 25.6 Å². The molecule has 0 saturated carbocycles. The van der Waals surface area contributed by atoms with Crippen LogP contribution in [0.4, 0.5) is 0 Å². The van der Waals surface area contributed by atoms with E-state index in [9.17, 15) is 4.79 Å². The van der Waals surface area contributed by atoms with Gasteiger partial charge in [0.25, 0.3) is 0 Å². The average molecular weight is 148 g/mol. The molecule has 1 aliphatic rings. The van der Waals surface area contributed by atoms with Crippen molar-refractivity contribution in [1.82, 2.24) is 0 Å². The Bertz CT molecular complexity index is 134. The van der Waals surface area contributed by atoms with Crippen molar-refractivity contribution in [3.63, 3.8) is 0 Å². The molecular formula is C5H8O5. The van der Waals surface area contributed by atoms with E-state index in [1.807, 2.05) is 0 Å². The minimum absolute atomic E-state index is 0.0961. The fraction of sp³-hybridized carbons (Fsp3) is 0.800. The van der Waals surface area contributed by atoms with Crippen molar-refractivity contribution in [2.75, 3.05) is 0 Å². The number of hydrogen-bond acceptors (Lipinski definition) is 4. The van der Waals surface area contributed by atoms with Crippen LogP contribution in [-0.4, -0.2) is 23.3 Å². The number of carboxylic acids is 1. The zero-order valence-electron chi connectivity index (χ0n) is 5.44. The minimum Gasteiger partial charge on any atom is -0.481 e. The van der Waals surface area contributed by atoms with Gasteiger partial charge in [0, 0.05) is 0 Å². The number of rotatable bonds is 2. The summed E-state index contributed by atoms with van der Waals surface area (Å²) in [6.07, 6.45) is -0.894. The maximum Gasteiger partial charge on any atom is 0.306 e. The first-order valence-corrected chi connectivity index (χ1v) is 2.90. The van der Waals surface area contributed by atoms with Crippen molar-refractivity contribution in [1.29, 1.82) is 0 Å². The summed E-state index contributed by atoms with van der Waals surface area (Å²) in [5.41, 5.74) is 0. The molecule has 5 heteroatoms. The molecule has 0 aliphatic carbocycles. The summed E-state index contributed by atoms with van der Waals surface area (Å²) >= 11 is 0. The van der Waals surface area contributed by atoms with E-state index in [0.29, 0.717) is 0 Å². The largest absolute Gasteiger partial charge is 0.481 e. The third kappa shape index (κ3) is 1.66. The van der Waals surface area contributed by atoms with Crippen LogP contribution in [-0.2, 0) is 19.6 Å². The van der Waals surface area contributed by atoms with Gasteiger partial charge in [-0.2, -0.15) is 4.89 Å². The third-order valence-corrected chi connectivity index (χ3v) is 1.25. The van der Waals surface area contributed by atoms with E-state index in [0.717, 1.165) is 0 Å². The summed E-state index contributed by atoms with van der Waals surface area (Å²) in [5, 5.41) is 12.4. The van der Waals surface area contributed by atoms with E-state index in [1.165, 1.54) is 0 Å². The molecule has 0 aromatic heterocycles. The monoisotopic (exact) mass is 148 g/mol. The van der Waals surface area contributed by atoms with Gasteiger partial charge in [0.05, 0.1) is 6.42 Å². The highest BCUT2D eigenvalue weighted by Gasteiger charge is 2.30. The fourth-order valence-electron chi connectivity index (χ4n) is 0.647. The molecule has 2 unspecified atom stereocenters. The van der Waals surface area contributed by atoms with E-state index in [1.54, 1.807) is 6.92 Å². The van der Waals surface area contributed by atoms with Crippen LogP contribution in [0.25, 0.3) is 0 Å². The van der Waals surface area contributed by atoms with Gasteiger partial charge in [0.1, 0.15) is 12.2 Å². The van der Waals surface area contributed by atoms with Gasteiger partial charge < -0.3 is 5.11 Å². The second-order valence-corrected chi connectivity index (χ2v) is 2.10. The molecule has 1 fully saturated rings. The van der Waals surface area contributed by atoms with Gasteiger partial charge in [-0.3, -0.25) is 4.79 Å². The number of carbonyl (C=O) groups is 1. The quantitative estimate of drug-likeness (QED) is 0.563. The summed E-state index contributed by atoms with van der Waals surface area (Å²) in [4.78, 5) is 19.1. The van der Waals surface area contributed by atoms with Gasteiger partial charge in [0.15, 0.2) is 0 Å². The SMILES string of the molecule is CC1OOOC1CC(=O)O. The van der Waals surface area contributed by atoms with Crippen molar-refractivity contribution < 1.29 is 24.7 Å². The lowest BCUT2D eigenvalue weighted by Crippen LogP contribution is -2.22.